The maximum atomic E-state index is 12.5. The van der Waals surface area contributed by atoms with Gasteiger partial charge in [0.1, 0.15) is 18.0 Å². The number of aromatic nitrogens is 2. The number of nitrogens with zero attached hydrogens (tertiary/aromatic N) is 2. The van der Waals surface area contributed by atoms with E-state index in [4.69, 9.17) is 0 Å². The largest absolute Gasteiger partial charge is 0.365 e. The van der Waals surface area contributed by atoms with Crippen LogP contribution in [0.15, 0.2) is 36.0 Å². The van der Waals surface area contributed by atoms with Gasteiger partial charge in [0, 0.05) is 16.5 Å². The molecule has 1 aliphatic heterocycles. The molecule has 3 aromatic heterocycles. The van der Waals surface area contributed by atoms with E-state index in [1.165, 1.54) is 35.5 Å². The van der Waals surface area contributed by atoms with E-state index in [0.717, 1.165) is 46.5 Å². The Hall–Kier alpha value is -2.45. The number of fused-ring (bicyclic) bond motifs is 2. The molecule has 0 atom stereocenters. The number of nitrogens with one attached hydrogen (secondary N) is 3. The van der Waals surface area contributed by atoms with Gasteiger partial charge in [0.2, 0.25) is 0 Å². The molecule has 144 valence electrons. The van der Waals surface area contributed by atoms with Gasteiger partial charge in [-0.1, -0.05) is 25.3 Å². The molecule has 0 radical (unpaired) electrons. The molecule has 2 aliphatic rings. The highest BCUT2D eigenvalue weighted by Gasteiger charge is 2.44. The lowest BCUT2D eigenvalue weighted by atomic mass is 9.78. The fourth-order valence-electron chi connectivity index (χ4n) is 4.11. The number of hydrogen-bond acceptors (Lipinski definition) is 7. The first kappa shape index (κ1) is 17.6. The number of carbonyl (C=O) groups is 1. The lowest BCUT2D eigenvalue weighted by molar-refractivity contribution is 0.0912. The van der Waals surface area contributed by atoms with Gasteiger partial charge in [0.15, 0.2) is 0 Å². The zero-order valence-electron chi connectivity index (χ0n) is 15.3. The highest BCUT2D eigenvalue weighted by Crippen LogP contribution is 2.47. The van der Waals surface area contributed by atoms with Crippen molar-refractivity contribution < 1.29 is 4.79 Å². The van der Waals surface area contributed by atoms with Crippen LogP contribution in [0.4, 0.5) is 16.6 Å². The van der Waals surface area contributed by atoms with Gasteiger partial charge in [-0.3, -0.25) is 4.79 Å². The Bertz CT molecular complexity index is 992. The Balaban J connectivity index is 1.33. The van der Waals surface area contributed by atoms with E-state index >= 15 is 0 Å². The van der Waals surface area contributed by atoms with Crippen LogP contribution in [0.5, 0.6) is 0 Å². The number of amides is 1. The summed E-state index contributed by atoms with van der Waals surface area (Å²) in [4.78, 5) is 23.2. The van der Waals surface area contributed by atoms with Gasteiger partial charge in [0.25, 0.3) is 5.91 Å². The van der Waals surface area contributed by atoms with E-state index in [0.29, 0.717) is 0 Å². The molecule has 28 heavy (non-hydrogen) atoms. The van der Waals surface area contributed by atoms with Crippen molar-refractivity contribution in [3.05, 3.63) is 51.3 Å². The topological polar surface area (TPSA) is 78.9 Å². The highest BCUT2D eigenvalue weighted by molar-refractivity contribution is 7.18. The first-order valence-electron chi connectivity index (χ1n) is 9.54. The van der Waals surface area contributed by atoms with Crippen LogP contribution in [0.25, 0.3) is 0 Å². The van der Waals surface area contributed by atoms with Crippen molar-refractivity contribution in [2.75, 3.05) is 10.6 Å². The monoisotopic (exact) mass is 411 g/mol. The third-order valence-electron chi connectivity index (χ3n) is 5.46. The van der Waals surface area contributed by atoms with Crippen LogP contribution in [-0.4, -0.2) is 15.9 Å². The normalized spacial score (nSPS) is 17.4. The first-order valence-corrected chi connectivity index (χ1v) is 11.2. The first-order chi connectivity index (χ1) is 13.7. The smallest absolute Gasteiger partial charge is 0.262 e. The van der Waals surface area contributed by atoms with Gasteiger partial charge in [0.05, 0.1) is 22.0 Å². The molecule has 1 amide bonds. The van der Waals surface area contributed by atoms with E-state index in [-0.39, 0.29) is 11.4 Å². The van der Waals surface area contributed by atoms with Crippen LogP contribution < -0.4 is 16.0 Å². The molecule has 1 aliphatic carbocycles. The Morgan fingerprint density at radius 1 is 1.14 bits per heavy atom. The molecule has 8 heteroatoms. The van der Waals surface area contributed by atoms with E-state index in [1.54, 1.807) is 17.7 Å². The molecule has 1 spiro atoms. The highest BCUT2D eigenvalue weighted by atomic mass is 32.1. The number of carbonyl (C=O) groups excluding carboxylic acids is 1. The summed E-state index contributed by atoms with van der Waals surface area (Å²) in [7, 11) is 0. The Labute approximate surface area is 171 Å². The van der Waals surface area contributed by atoms with Crippen LogP contribution in [0, 0.1) is 0 Å². The minimum atomic E-state index is -0.153. The van der Waals surface area contributed by atoms with Gasteiger partial charge in [-0.2, -0.15) is 0 Å². The minimum absolute atomic E-state index is 0.0657. The summed E-state index contributed by atoms with van der Waals surface area (Å²) in [6.45, 7) is 0.740. The summed E-state index contributed by atoms with van der Waals surface area (Å²) in [5, 5.41) is 13.0. The van der Waals surface area contributed by atoms with Crippen molar-refractivity contribution in [2.24, 2.45) is 0 Å². The molecule has 1 saturated carbocycles. The molecule has 0 bridgehead atoms. The van der Waals surface area contributed by atoms with Crippen LogP contribution in [0.3, 0.4) is 0 Å². The predicted molar refractivity (Wildman–Crippen MR) is 114 cm³/mol. The number of hydrogen-bond donors (Lipinski definition) is 3. The molecule has 4 heterocycles. The third kappa shape index (κ3) is 3.27. The zero-order chi connectivity index (χ0) is 19.0. The van der Waals surface area contributed by atoms with Crippen molar-refractivity contribution >= 4 is 45.2 Å². The second-order valence-corrected chi connectivity index (χ2v) is 9.38. The van der Waals surface area contributed by atoms with Gasteiger partial charge < -0.3 is 16.0 Å². The number of thiophene rings is 2. The van der Waals surface area contributed by atoms with Crippen LogP contribution in [-0.2, 0) is 12.1 Å². The summed E-state index contributed by atoms with van der Waals surface area (Å²) >= 11 is 3.22. The molecule has 0 unspecified atom stereocenters. The molecule has 6 nitrogen and oxygen atoms in total. The lowest BCUT2D eigenvalue weighted by Crippen LogP contribution is -2.40. The summed E-state index contributed by atoms with van der Waals surface area (Å²) in [6.07, 6.45) is 7.21. The van der Waals surface area contributed by atoms with Crippen LogP contribution in [0.1, 0.15) is 52.2 Å². The van der Waals surface area contributed by atoms with Crippen molar-refractivity contribution in [3.63, 3.8) is 0 Å². The average molecular weight is 412 g/mol. The molecule has 1 fully saturated rings. The average Bonchev–Trinajstić information content (AvgIpc) is 3.41. The fourth-order valence-corrected chi connectivity index (χ4v) is 5.81. The third-order valence-corrected chi connectivity index (χ3v) is 7.38. The second-order valence-electron chi connectivity index (χ2n) is 7.30. The molecular formula is C20H21N5OS2. The number of rotatable bonds is 5. The summed E-state index contributed by atoms with van der Waals surface area (Å²) < 4.78 is 0. The number of anilines is 3. The molecule has 3 aromatic rings. The molecule has 3 N–H and O–H groups in total. The maximum Gasteiger partial charge on any atom is 0.262 e. The van der Waals surface area contributed by atoms with Crippen LogP contribution >= 0.6 is 22.7 Å². The molecular weight excluding hydrogens is 390 g/mol. The molecule has 0 aromatic carbocycles. The summed E-state index contributed by atoms with van der Waals surface area (Å²) in [5.41, 5.74) is 1.01. The van der Waals surface area contributed by atoms with Crippen molar-refractivity contribution in [3.8, 4) is 0 Å². The van der Waals surface area contributed by atoms with Crippen LogP contribution in [0.2, 0.25) is 0 Å². The molecule has 5 rings (SSSR count). The predicted octanol–water partition coefficient (Wildman–Crippen LogP) is 4.86. The Morgan fingerprint density at radius 2 is 2.00 bits per heavy atom. The summed E-state index contributed by atoms with van der Waals surface area (Å²) in [5.74, 6) is 1.56. The van der Waals surface area contributed by atoms with Gasteiger partial charge in [-0.05, 0) is 30.4 Å². The van der Waals surface area contributed by atoms with E-state index < -0.39 is 0 Å². The minimum Gasteiger partial charge on any atom is -0.365 e. The second kappa shape index (κ2) is 7.18. The standard InChI is InChI=1S/C20H21N5OS2/c26-19-18-14(20(25-19)6-2-1-3-7-20)9-17(28-18)24-16-10-15(22-12-23-16)21-11-13-5-4-8-27-13/h4-5,8-10,12H,1-3,6-7,11H2,(H,25,26)(H2,21,22,23,24). The van der Waals surface area contributed by atoms with Gasteiger partial charge in [-0.25, -0.2) is 9.97 Å². The van der Waals surface area contributed by atoms with Crippen molar-refractivity contribution in [1.82, 2.24) is 15.3 Å². The van der Waals surface area contributed by atoms with Crippen molar-refractivity contribution in [1.29, 1.82) is 0 Å². The SMILES string of the molecule is O=C1NC2(CCCCC2)c2cc(Nc3cc(NCc4cccs4)ncn3)sc21. The molecule has 0 saturated heterocycles. The Morgan fingerprint density at radius 3 is 2.82 bits per heavy atom. The zero-order valence-corrected chi connectivity index (χ0v) is 17.0. The van der Waals surface area contributed by atoms with Gasteiger partial charge >= 0.3 is 0 Å². The quantitative estimate of drug-likeness (QED) is 0.559. The van der Waals surface area contributed by atoms with E-state index in [1.807, 2.05) is 12.1 Å². The van der Waals surface area contributed by atoms with Crippen molar-refractivity contribution in [2.45, 2.75) is 44.2 Å². The maximum absolute atomic E-state index is 12.5. The fraction of sp³-hybridized carbons (Fsp3) is 0.350. The Kier molecular flexibility index (Phi) is 4.52. The summed E-state index contributed by atoms with van der Waals surface area (Å²) in [6, 6.07) is 8.16. The van der Waals surface area contributed by atoms with Gasteiger partial charge in [-0.15, -0.1) is 22.7 Å². The van der Waals surface area contributed by atoms with E-state index in [9.17, 15) is 4.79 Å². The lowest BCUT2D eigenvalue weighted by Gasteiger charge is -2.33. The van der Waals surface area contributed by atoms with E-state index in [2.05, 4.69) is 43.4 Å².